The van der Waals surface area contributed by atoms with Crippen molar-refractivity contribution in [2.75, 3.05) is 19.5 Å². The Morgan fingerprint density at radius 3 is 2.59 bits per heavy atom. The summed E-state index contributed by atoms with van der Waals surface area (Å²) >= 11 is 0. The van der Waals surface area contributed by atoms with E-state index in [2.05, 4.69) is 0 Å². The Labute approximate surface area is 103 Å². The number of rotatable bonds is 5. The molecule has 0 saturated carbocycles. The lowest BCUT2D eigenvalue weighted by Gasteiger charge is -2.14. The highest BCUT2D eigenvalue weighted by Gasteiger charge is 2.24. The topological polar surface area (TPSA) is 69.4 Å². The number of anilines is 1. The van der Waals surface area contributed by atoms with Crippen LogP contribution in [0.4, 0.5) is 5.69 Å². The molecule has 4 nitrogen and oxygen atoms in total. The highest BCUT2D eigenvalue weighted by molar-refractivity contribution is 7.92. The predicted octanol–water partition coefficient (Wildman–Crippen LogP) is 1.78. The zero-order chi connectivity index (χ0) is 13.1. The number of sulfone groups is 1. The first kappa shape index (κ1) is 14.0. The van der Waals surface area contributed by atoms with Gasteiger partial charge in [0.15, 0.2) is 9.84 Å². The fraction of sp³-hybridized carbons (Fsp3) is 0.500. The number of hydrogen-bond donors (Lipinski definition) is 1. The number of nitrogens with two attached hydrogens (primary N) is 1. The number of benzene rings is 1. The van der Waals surface area contributed by atoms with Crippen LogP contribution in [-0.4, -0.2) is 27.4 Å². The van der Waals surface area contributed by atoms with Crippen LogP contribution in [0, 0.1) is 6.92 Å². The Balaban J connectivity index is 3.04. The summed E-state index contributed by atoms with van der Waals surface area (Å²) in [5.74, 6) is 0. The molecule has 0 heterocycles. The second-order valence-corrected chi connectivity index (χ2v) is 6.51. The molecule has 1 aromatic carbocycles. The highest BCUT2D eigenvalue weighted by Crippen LogP contribution is 2.24. The summed E-state index contributed by atoms with van der Waals surface area (Å²) in [6, 6.07) is 5.01. The van der Waals surface area contributed by atoms with Gasteiger partial charge in [-0.1, -0.05) is 6.07 Å². The maximum absolute atomic E-state index is 12.2. The van der Waals surface area contributed by atoms with Crippen LogP contribution in [0.1, 0.15) is 18.9 Å². The number of hydrogen-bond acceptors (Lipinski definition) is 4. The zero-order valence-electron chi connectivity index (χ0n) is 10.4. The average molecular weight is 257 g/mol. The van der Waals surface area contributed by atoms with E-state index < -0.39 is 15.1 Å². The number of ether oxygens (including phenoxy) is 1. The monoisotopic (exact) mass is 257 g/mol. The van der Waals surface area contributed by atoms with Crippen LogP contribution < -0.4 is 5.73 Å². The molecule has 1 atom stereocenters. The number of aryl methyl sites for hydroxylation is 1. The van der Waals surface area contributed by atoms with Crippen molar-refractivity contribution in [1.82, 2.24) is 0 Å². The first-order valence-corrected chi connectivity index (χ1v) is 7.03. The predicted molar refractivity (Wildman–Crippen MR) is 68.7 cm³/mol. The van der Waals surface area contributed by atoms with Crippen molar-refractivity contribution in [2.24, 2.45) is 0 Å². The van der Waals surface area contributed by atoms with Crippen molar-refractivity contribution in [3.05, 3.63) is 23.8 Å². The van der Waals surface area contributed by atoms with Crippen molar-refractivity contribution in [3.8, 4) is 0 Å². The quantitative estimate of drug-likeness (QED) is 0.816. The van der Waals surface area contributed by atoms with Crippen molar-refractivity contribution in [2.45, 2.75) is 30.4 Å². The van der Waals surface area contributed by atoms with E-state index >= 15 is 0 Å². The van der Waals surface area contributed by atoms with E-state index in [1.54, 1.807) is 32.2 Å². The van der Waals surface area contributed by atoms with Crippen LogP contribution in [-0.2, 0) is 14.6 Å². The molecule has 0 fully saturated rings. The molecule has 96 valence electrons. The summed E-state index contributed by atoms with van der Waals surface area (Å²) in [7, 11) is -1.81. The second-order valence-electron chi connectivity index (χ2n) is 4.18. The minimum absolute atomic E-state index is 0.215. The van der Waals surface area contributed by atoms with Gasteiger partial charge in [0.05, 0.1) is 15.8 Å². The lowest BCUT2D eigenvalue weighted by molar-refractivity contribution is 0.194. The summed E-state index contributed by atoms with van der Waals surface area (Å²) in [5, 5.41) is -0.493. The molecule has 0 spiro atoms. The van der Waals surface area contributed by atoms with Gasteiger partial charge in [0.25, 0.3) is 0 Å². The van der Waals surface area contributed by atoms with E-state index in [4.69, 9.17) is 10.5 Å². The number of methoxy groups -OCH3 is 1. The first-order chi connectivity index (χ1) is 7.89. The molecule has 0 amide bonds. The molecule has 1 aromatic rings. The third-order valence-corrected chi connectivity index (χ3v) is 5.01. The molecule has 0 radical (unpaired) electrons. The van der Waals surface area contributed by atoms with Gasteiger partial charge in [0.2, 0.25) is 0 Å². The Morgan fingerprint density at radius 2 is 2.06 bits per heavy atom. The van der Waals surface area contributed by atoms with Gasteiger partial charge >= 0.3 is 0 Å². The Kier molecular flexibility index (Phi) is 4.54. The zero-order valence-corrected chi connectivity index (χ0v) is 11.3. The van der Waals surface area contributed by atoms with Gasteiger partial charge in [-0.15, -0.1) is 0 Å². The van der Waals surface area contributed by atoms with Crippen LogP contribution in [0.15, 0.2) is 23.1 Å². The largest absolute Gasteiger partial charge is 0.398 e. The van der Waals surface area contributed by atoms with E-state index in [-0.39, 0.29) is 4.90 Å². The molecule has 2 N–H and O–H groups in total. The summed E-state index contributed by atoms with van der Waals surface area (Å²) in [5.41, 5.74) is 7.03. The molecular formula is C12H19NO3S. The molecule has 0 aliphatic heterocycles. The van der Waals surface area contributed by atoms with Crippen LogP contribution >= 0.6 is 0 Å². The Hall–Kier alpha value is -1.07. The maximum Gasteiger partial charge on any atom is 0.183 e. The molecule has 1 rings (SSSR count). The summed E-state index contributed by atoms with van der Waals surface area (Å²) in [4.78, 5) is 0.215. The van der Waals surface area contributed by atoms with E-state index in [0.717, 1.165) is 5.56 Å². The van der Waals surface area contributed by atoms with Crippen molar-refractivity contribution >= 4 is 15.5 Å². The molecule has 0 aliphatic rings. The summed E-state index contributed by atoms with van der Waals surface area (Å²) in [6.07, 6.45) is 0.464. The van der Waals surface area contributed by atoms with Crippen molar-refractivity contribution in [3.63, 3.8) is 0 Å². The van der Waals surface area contributed by atoms with Gasteiger partial charge in [-0.3, -0.25) is 0 Å². The highest BCUT2D eigenvalue weighted by atomic mass is 32.2. The summed E-state index contributed by atoms with van der Waals surface area (Å²) in [6.45, 7) is 3.97. The maximum atomic E-state index is 12.2. The smallest absolute Gasteiger partial charge is 0.183 e. The van der Waals surface area contributed by atoms with Crippen LogP contribution in [0.2, 0.25) is 0 Å². The molecule has 0 aliphatic carbocycles. The molecular weight excluding hydrogens is 238 g/mol. The Bertz CT molecular complexity index is 483. The summed E-state index contributed by atoms with van der Waals surface area (Å²) < 4.78 is 29.4. The molecule has 1 unspecified atom stereocenters. The second kappa shape index (κ2) is 5.51. The standard InChI is InChI=1S/C12H19NO3S/c1-9-4-5-12(11(13)8-9)17(14,15)10(2)6-7-16-3/h4-5,8,10H,6-7,13H2,1-3H3. The lowest BCUT2D eigenvalue weighted by Crippen LogP contribution is -2.20. The van der Waals surface area contributed by atoms with E-state index in [0.29, 0.717) is 18.7 Å². The molecule has 5 heteroatoms. The van der Waals surface area contributed by atoms with Gasteiger partial charge in [-0.2, -0.15) is 0 Å². The lowest BCUT2D eigenvalue weighted by atomic mass is 10.2. The fourth-order valence-electron chi connectivity index (χ4n) is 1.58. The van der Waals surface area contributed by atoms with Crippen LogP contribution in [0.25, 0.3) is 0 Å². The minimum atomic E-state index is -3.36. The van der Waals surface area contributed by atoms with Crippen LogP contribution in [0.3, 0.4) is 0 Å². The minimum Gasteiger partial charge on any atom is -0.398 e. The molecule has 0 saturated heterocycles. The number of nitrogen functional groups attached to an aromatic ring is 1. The fourth-order valence-corrected chi connectivity index (χ4v) is 3.07. The van der Waals surface area contributed by atoms with E-state index in [1.165, 1.54) is 0 Å². The van der Waals surface area contributed by atoms with Gasteiger partial charge in [0, 0.05) is 13.7 Å². The molecule has 17 heavy (non-hydrogen) atoms. The van der Waals surface area contributed by atoms with Gasteiger partial charge in [-0.05, 0) is 38.0 Å². The first-order valence-electron chi connectivity index (χ1n) is 5.48. The molecule has 0 aromatic heterocycles. The third-order valence-electron chi connectivity index (χ3n) is 2.73. The van der Waals surface area contributed by atoms with Gasteiger partial charge in [-0.25, -0.2) is 8.42 Å². The van der Waals surface area contributed by atoms with E-state index in [1.807, 2.05) is 6.92 Å². The SMILES string of the molecule is COCCC(C)S(=O)(=O)c1ccc(C)cc1N. The van der Waals surface area contributed by atoms with Gasteiger partial charge in [0.1, 0.15) is 0 Å². The normalized spacial score (nSPS) is 13.6. The van der Waals surface area contributed by atoms with E-state index in [9.17, 15) is 8.42 Å². The van der Waals surface area contributed by atoms with Crippen LogP contribution in [0.5, 0.6) is 0 Å². The Morgan fingerprint density at radius 1 is 1.41 bits per heavy atom. The molecule has 0 bridgehead atoms. The van der Waals surface area contributed by atoms with Crippen molar-refractivity contribution in [1.29, 1.82) is 0 Å². The third kappa shape index (κ3) is 3.20. The average Bonchev–Trinajstić information content (AvgIpc) is 2.25. The van der Waals surface area contributed by atoms with Crippen molar-refractivity contribution < 1.29 is 13.2 Å². The van der Waals surface area contributed by atoms with Gasteiger partial charge < -0.3 is 10.5 Å².